The van der Waals surface area contributed by atoms with Gasteiger partial charge in [-0.15, -0.1) is 0 Å². The Morgan fingerprint density at radius 1 is 1.11 bits per heavy atom. The summed E-state index contributed by atoms with van der Waals surface area (Å²) in [6.45, 7) is 2.36. The number of aromatic nitrogens is 1. The van der Waals surface area contributed by atoms with Gasteiger partial charge in [0.15, 0.2) is 0 Å². The molecular weight excluding hydrogens is 460 g/mol. The number of nitrogens with zero attached hydrogens (tertiary/aromatic N) is 1. The van der Waals surface area contributed by atoms with Crippen LogP contribution in [0.25, 0.3) is 0 Å². The fourth-order valence-corrected chi connectivity index (χ4v) is 4.88. The molecule has 3 unspecified atom stereocenters. The number of amides is 1. The number of aliphatic hydroxyl groups excluding tert-OH is 1. The summed E-state index contributed by atoms with van der Waals surface area (Å²) in [5, 5.41) is 17.5. The van der Waals surface area contributed by atoms with Gasteiger partial charge in [0, 0.05) is 30.5 Å². The average molecular weight is 494 g/mol. The van der Waals surface area contributed by atoms with Gasteiger partial charge in [-0.2, -0.15) is 0 Å². The van der Waals surface area contributed by atoms with Crippen molar-refractivity contribution in [3.63, 3.8) is 0 Å². The molecule has 5 nitrogen and oxygen atoms in total. The number of halogens is 2. The number of aryl methyl sites for hydroxylation is 2. The number of carbonyl (C=O) groups excluding carboxylic acids is 1. The van der Waals surface area contributed by atoms with Gasteiger partial charge in [0.2, 0.25) is 5.91 Å². The number of hydrogen-bond donors (Lipinski definition) is 3. The molecule has 0 radical (unpaired) electrons. The largest absolute Gasteiger partial charge is 0.390 e. The van der Waals surface area contributed by atoms with Gasteiger partial charge < -0.3 is 15.7 Å². The Labute approximate surface area is 211 Å². The van der Waals surface area contributed by atoms with E-state index in [-0.39, 0.29) is 31.3 Å². The molecule has 0 aliphatic heterocycles. The minimum atomic E-state index is -0.969. The molecule has 190 valence electrons. The Kier molecular flexibility index (Phi) is 8.78. The zero-order chi connectivity index (χ0) is 25.5. The van der Waals surface area contributed by atoms with Crippen molar-refractivity contribution in [3.05, 3.63) is 100 Å². The summed E-state index contributed by atoms with van der Waals surface area (Å²) in [6.07, 6.45) is 4.79. The van der Waals surface area contributed by atoms with Crippen LogP contribution in [0.15, 0.2) is 60.8 Å². The first-order chi connectivity index (χ1) is 17.4. The van der Waals surface area contributed by atoms with Crippen LogP contribution in [0.1, 0.15) is 53.8 Å². The van der Waals surface area contributed by atoms with Crippen LogP contribution in [0, 0.1) is 11.6 Å². The van der Waals surface area contributed by atoms with Crippen LogP contribution in [0.2, 0.25) is 0 Å². The van der Waals surface area contributed by atoms with E-state index in [4.69, 9.17) is 0 Å². The van der Waals surface area contributed by atoms with Crippen molar-refractivity contribution < 1.29 is 18.7 Å². The molecule has 3 atom stereocenters. The third-order valence-electron chi connectivity index (χ3n) is 6.76. The lowest BCUT2D eigenvalue weighted by Gasteiger charge is -2.30. The second-order valence-corrected chi connectivity index (χ2v) is 9.46. The van der Waals surface area contributed by atoms with E-state index in [0.717, 1.165) is 31.7 Å². The summed E-state index contributed by atoms with van der Waals surface area (Å²) < 4.78 is 27.6. The molecule has 0 bridgehead atoms. The fraction of sp³-hybridized carbons (Fsp3) is 0.379. The second-order valence-electron chi connectivity index (χ2n) is 9.46. The summed E-state index contributed by atoms with van der Waals surface area (Å²) >= 11 is 0. The van der Waals surface area contributed by atoms with Crippen molar-refractivity contribution >= 4 is 5.91 Å². The zero-order valence-corrected chi connectivity index (χ0v) is 20.5. The van der Waals surface area contributed by atoms with Crippen LogP contribution in [0.5, 0.6) is 0 Å². The lowest BCUT2D eigenvalue weighted by molar-refractivity contribution is -0.122. The Morgan fingerprint density at radius 2 is 1.92 bits per heavy atom. The summed E-state index contributed by atoms with van der Waals surface area (Å²) in [5.41, 5.74) is 4.82. The normalized spacial score (nSPS) is 16.7. The van der Waals surface area contributed by atoms with Crippen LogP contribution in [0.4, 0.5) is 8.78 Å². The number of pyridine rings is 1. The first-order valence-corrected chi connectivity index (χ1v) is 12.6. The van der Waals surface area contributed by atoms with Gasteiger partial charge in [0.25, 0.3) is 0 Å². The highest BCUT2D eigenvalue weighted by atomic mass is 19.1. The highest BCUT2D eigenvalue weighted by molar-refractivity contribution is 5.78. The zero-order valence-electron chi connectivity index (χ0n) is 20.5. The van der Waals surface area contributed by atoms with E-state index in [1.54, 1.807) is 24.4 Å². The van der Waals surface area contributed by atoms with Gasteiger partial charge in [-0.05, 0) is 78.6 Å². The SMILES string of the molecule is CCc1ccc2c(c1)C(NCC(O)C(Cc1cc(F)cc(F)c1)NC(=O)Cc1ccccn1)CCC2. The summed E-state index contributed by atoms with van der Waals surface area (Å²) in [7, 11) is 0. The van der Waals surface area contributed by atoms with Crippen LogP contribution in [-0.4, -0.2) is 34.7 Å². The highest BCUT2D eigenvalue weighted by Gasteiger charge is 2.26. The standard InChI is InChI=1S/C29H33F2N3O2/c1-2-19-9-10-21-6-5-8-26(25(21)14-19)33-18-28(35)27(15-20-12-22(30)16-23(31)13-20)34-29(36)17-24-7-3-4-11-32-24/h3-4,7,9-14,16,26-28,33,35H,2,5-6,8,15,17-18H2,1H3,(H,34,36). The third kappa shape index (κ3) is 6.95. The summed E-state index contributed by atoms with van der Waals surface area (Å²) in [4.78, 5) is 16.9. The maximum Gasteiger partial charge on any atom is 0.226 e. The smallest absolute Gasteiger partial charge is 0.226 e. The van der Waals surface area contributed by atoms with Crippen molar-refractivity contribution in [1.82, 2.24) is 15.6 Å². The quantitative estimate of drug-likeness (QED) is 0.395. The predicted octanol–water partition coefficient (Wildman–Crippen LogP) is 4.22. The molecule has 1 aromatic heterocycles. The molecule has 0 saturated carbocycles. The number of hydrogen-bond acceptors (Lipinski definition) is 4. The molecule has 4 rings (SSSR count). The van der Waals surface area contributed by atoms with Crippen LogP contribution < -0.4 is 10.6 Å². The van der Waals surface area contributed by atoms with Crippen molar-refractivity contribution in [2.45, 2.75) is 63.6 Å². The third-order valence-corrected chi connectivity index (χ3v) is 6.76. The molecule has 0 fully saturated rings. The molecule has 1 heterocycles. The Morgan fingerprint density at radius 3 is 2.64 bits per heavy atom. The van der Waals surface area contributed by atoms with E-state index in [2.05, 4.69) is 40.7 Å². The monoisotopic (exact) mass is 493 g/mol. The van der Waals surface area contributed by atoms with Crippen molar-refractivity contribution in [2.24, 2.45) is 0 Å². The maximum atomic E-state index is 13.8. The minimum Gasteiger partial charge on any atom is -0.390 e. The van der Waals surface area contributed by atoms with E-state index < -0.39 is 23.8 Å². The van der Waals surface area contributed by atoms with E-state index in [9.17, 15) is 18.7 Å². The molecule has 0 spiro atoms. The predicted molar refractivity (Wildman–Crippen MR) is 135 cm³/mol. The molecule has 1 amide bonds. The van der Waals surface area contributed by atoms with E-state index in [0.29, 0.717) is 11.3 Å². The molecule has 1 aliphatic carbocycles. The molecule has 36 heavy (non-hydrogen) atoms. The van der Waals surface area contributed by atoms with Crippen LogP contribution in [0.3, 0.4) is 0 Å². The number of fused-ring (bicyclic) bond motifs is 1. The fourth-order valence-electron chi connectivity index (χ4n) is 4.88. The van der Waals surface area contributed by atoms with Gasteiger partial charge in [0.1, 0.15) is 11.6 Å². The molecule has 2 aromatic carbocycles. The van der Waals surface area contributed by atoms with Gasteiger partial charge in [-0.25, -0.2) is 8.78 Å². The first-order valence-electron chi connectivity index (χ1n) is 12.6. The summed E-state index contributed by atoms with van der Waals surface area (Å²) in [5.74, 6) is -1.70. The lowest BCUT2D eigenvalue weighted by atomic mass is 9.86. The second kappa shape index (κ2) is 12.2. The van der Waals surface area contributed by atoms with Gasteiger partial charge in [-0.3, -0.25) is 9.78 Å². The lowest BCUT2D eigenvalue weighted by Crippen LogP contribution is -2.49. The average Bonchev–Trinajstić information content (AvgIpc) is 2.86. The Balaban J connectivity index is 1.47. The number of benzene rings is 2. The number of nitrogens with one attached hydrogen (secondary N) is 2. The maximum absolute atomic E-state index is 13.8. The highest BCUT2D eigenvalue weighted by Crippen LogP contribution is 2.30. The summed E-state index contributed by atoms with van der Waals surface area (Å²) in [6, 6.07) is 14.5. The number of rotatable bonds is 10. The number of aliphatic hydroxyl groups is 1. The number of carbonyl (C=O) groups is 1. The molecule has 1 aliphatic rings. The Bertz CT molecular complexity index is 1150. The molecule has 7 heteroatoms. The van der Waals surface area contributed by atoms with Crippen molar-refractivity contribution in [2.75, 3.05) is 6.54 Å². The van der Waals surface area contributed by atoms with Gasteiger partial charge >= 0.3 is 0 Å². The van der Waals surface area contributed by atoms with Crippen LogP contribution >= 0.6 is 0 Å². The topological polar surface area (TPSA) is 74.2 Å². The van der Waals surface area contributed by atoms with Gasteiger partial charge in [0.05, 0.1) is 18.6 Å². The molecular formula is C29H33F2N3O2. The van der Waals surface area contributed by atoms with Crippen molar-refractivity contribution in [1.29, 1.82) is 0 Å². The van der Waals surface area contributed by atoms with Gasteiger partial charge in [-0.1, -0.05) is 31.2 Å². The molecule has 0 saturated heterocycles. The minimum absolute atomic E-state index is 0.0464. The van der Waals surface area contributed by atoms with Crippen LogP contribution in [-0.2, 0) is 30.5 Å². The van der Waals surface area contributed by atoms with E-state index >= 15 is 0 Å². The Hall–Kier alpha value is -3.16. The molecule has 3 aromatic rings. The molecule has 3 N–H and O–H groups in total. The van der Waals surface area contributed by atoms with E-state index in [1.807, 2.05) is 0 Å². The van der Waals surface area contributed by atoms with Crippen molar-refractivity contribution in [3.8, 4) is 0 Å². The first kappa shape index (κ1) is 25.9. The van der Waals surface area contributed by atoms with E-state index in [1.165, 1.54) is 28.8 Å².